The summed E-state index contributed by atoms with van der Waals surface area (Å²) in [5.41, 5.74) is 1.14. The fourth-order valence-corrected chi connectivity index (χ4v) is 1.77. The number of benzene rings is 2. The monoisotopic (exact) mass is 302 g/mol. The summed E-state index contributed by atoms with van der Waals surface area (Å²) in [6.45, 7) is 0. The van der Waals surface area contributed by atoms with Gasteiger partial charge in [0.1, 0.15) is 0 Å². The highest BCUT2D eigenvalue weighted by Gasteiger charge is 2.07. The van der Waals surface area contributed by atoms with Gasteiger partial charge in [0.2, 0.25) is 0 Å². The van der Waals surface area contributed by atoms with Gasteiger partial charge in [0.15, 0.2) is 17.4 Å². The van der Waals surface area contributed by atoms with Crippen molar-refractivity contribution in [2.75, 3.05) is 7.11 Å². The highest BCUT2D eigenvalue weighted by Crippen LogP contribution is 2.12. The van der Waals surface area contributed by atoms with Crippen LogP contribution < -0.4 is 0 Å². The molecule has 3 nitrogen and oxygen atoms in total. The maximum Gasteiger partial charge on any atom is 0.337 e. The predicted molar refractivity (Wildman–Crippen MR) is 77.5 cm³/mol. The first kappa shape index (κ1) is 15.6. The number of halogens is 2. The minimum atomic E-state index is -1.07. The van der Waals surface area contributed by atoms with Crippen LogP contribution in [0.3, 0.4) is 0 Å². The molecule has 0 atom stereocenters. The Balaban J connectivity index is 2.12. The Morgan fingerprint density at radius 3 is 2.18 bits per heavy atom. The highest BCUT2D eigenvalue weighted by molar-refractivity contribution is 6.06. The minimum Gasteiger partial charge on any atom is -0.465 e. The second kappa shape index (κ2) is 6.76. The van der Waals surface area contributed by atoms with Crippen molar-refractivity contribution in [1.82, 2.24) is 0 Å². The zero-order chi connectivity index (χ0) is 16.1. The predicted octanol–water partition coefficient (Wildman–Crippen LogP) is 3.65. The van der Waals surface area contributed by atoms with Gasteiger partial charge in [0.25, 0.3) is 0 Å². The molecule has 0 heterocycles. The molecule has 112 valence electrons. The molecular formula is C17H12F2O3. The molecule has 0 amide bonds. The third-order valence-electron chi connectivity index (χ3n) is 2.96. The van der Waals surface area contributed by atoms with Gasteiger partial charge in [-0.2, -0.15) is 0 Å². The highest BCUT2D eigenvalue weighted by atomic mass is 19.2. The van der Waals surface area contributed by atoms with Crippen LogP contribution in [0.1, 0.15) is 26.3 Å². The lowest BCUT2D eigenvalue weighted by molar-refractivity contribution is 0.0600. The number of ether oxygens (including phenoxy) is 1. The van der Waals surface area contributed by atoms with Gasteiger partial charge in [-0.15, -0.1) is 0 Å². The summed E-state index contributed by atoms with van der Waals surface area (Å²) in [6, 6.07) is 9.37. The van der Waals surface area contributed by atoms with E-state index in [0.29, 0.717) is 11.1 Å². The van der Waals surface area contributed by atoms with Crippen LogP contribution in [-0.2, 0) is 4.74 Å². The molecule has 0 radical (unpaired) electrons. The van der Waals surface area contributed by atoms with Gasteiger partial charge in [-0.05, 0) is 42.0 Å². The van der Waals surface area contributed by atoms with Crippen molar-refractivity contribution in [2.45, 2.75) is 0 Å². The van der Waals surface area contributed by atoms with E-state index >= 15 is 0 Å². The van der Waals surface area contributed by atoms with Crippen molar-refractivity contribution in [1.29, 1.82) is 0 Å². The second-order valence-electron chi connectivity index (χ2n) is 4.44. The van der Waals surface area contributed by atoms with E-state index in [2.05, 4.69) is 4.74 Å². The molecule has 0 fully saturated rings. The van der Waals surface area contributed by atoms with E-state index in [4.69, 9.17) is 0 Å². The third-order valence-corrected chi connectivity index (χ3v) is 2.96. The van der Waals surface area contributed by atoms with Crippen molar-refractivity contribution in [2.24, 2.45) is 0 Å². The maximum absolute atomic E-state index is 13.1. The molecule has 0 aliphatic carbocycles. The molecule has 0 aromatic heterocycles. The van der Waals surface area contributed by atoms with Crippen LogP contribution in [0, 0.1) is 11.6 Å². The number of carbonyl (C=O) groups is 2. The van der Waals surface area contributed by atoms with Crippen molar-refractivity contribution >= 4 is 17.8 Å². The smallest absolute Gasteiger partial charge is 0.337 e. The molecule has 2 aromatic rings. The van der Waals surface area contributed by atoms with E-state index in [1.165, 1.54) is 25.3 Å². The molecule has 0 aliphatic rings. The van der Waals surface area contributed by atoms with E-state index in [0.717, 1.165) is 12.1 Å². The molecule has 0 bridgehead atoms. The summed E-state index contributed by atoms with van der Waals surface area (Å²) < 4.78 is 30.4. The first-order valence-electron chi connectivity index (χ1n) is 6.37. The summed E-state index contributed by atoms with van der Waals surface area (Å²) in [5.74, 6) is -2.97. The molecule has 0 aliphatic heterocycles. The number of rotatable bonds is 4. The summed E-state index contributed by atoms with van der Waals surface area (Å²) in [7, 11) is 1.29. The van der Waals surface area contributed by atoms with Crippen LogP contribution in [0.25, 0.3) is 6.08 Å². The number of hydrogen-bond donors (Lipinski definition) is 0. The number of methoxy groups -OCH3 is 1. The van der Waals surface area contributed by atoms with Crippen LogP contribution in [0.4, 0.5) is 8.78 Å². The first-order valence-corrected chi connectivity index (χ1v) is 6.37. The Labute approximate surface area is 125 Å². The van der Waals surface area contributed by atoms with E-state index in [1.54, 1.807) is 24.3 Å². The molecule has 0 unspecified atom stereocenters. The standard InChI is InChI=1S/C17H12F2O3/c1-22-17(21)12-5-2-11(3-6-12)4-9-16(20)13-7-8-14(18)15(19)10-13/h2-10H,1H3/b9-4+. The summed E-state index contributed by atoms with van der Waals surface area (Å²) in [5, 5.41) is 0. The van der Waals surface area contributed by atoms with Crippen molar-refractivity contribution < 1.29 is 23.1 Å². The lowest BCUT2D eigenvalue weighted by Gasteiger charge is -2.00. The number of allylic oxidation sites excluding steroid dienone is 1. The zero-order valence-corrected chi connectivity index (χ0v) is 11.7. The molecule has 2 aromatic carbocycles. The summed E-state index contributed by atoms with van der Waals surface area (Å²) in [6.07, 6.45) is 2.77. The van der Waals surface area contributed by atoms with Crippen LogP contribution in [-0.4, -0.2) is 18.9 Å². The molecule has 0 spiro atoms. The van der Waals surface area contributed by atoms with E-state index in [1.807, 2.05) is 0 Å². The van der Waals surface area contributed by atoms with Gasteiger partial charge in [-0.1, -0.05) is 18.2 Å². The molecule has 5 heteroatoms. The fraction of sp³-hybridized carbons (Fsp3) is 0.0588. The lowest BCUT2D eigenvalue weighted by atomic mass is 10.1. The molecule has 0 N–H and O–H groups in total. The van der Waals surface area contributed by atoms with E-state index < -0.39 is 23.4 Å². The zero-order valence-electron chi connectivity index (χ0n) is 11.7. The summed E-state index contributed by atoms with van der Waals surface area (Å²) in [4.78, 5) is 23.1. The number of hydrogen-bond acceptors (Lipinski definition) is 3. The number of ketones is 1. The lowest BCUT2D eigenvalue weighted by Crippen LogP contribution is -2.00. The Kier molecular flexibility index (Phi) is 4.78. The van der Waals surface area contributed by atoms with Crippen LogP contribution >= 0.6 is 0 Å². The van der Waals surface area contributed by atoms with Gasteiger partial charge >= 0.3 is 5.97 Å². The van der Waals surface area contributed by atoms with Gasteiger partial charge in [-0.25, -0.2) is 13.6 Å². The Morgan fingerprint density at radius 1 is 0.955 bits per heavy atom. The van der Waals surface area contributed by atoms with Gasteiger partial charge in [-0.3, -0.25) is 4.79 Å². The second-order valence-corrected chi connectivity index (χ2v) is 4.44. The molecule has 0 saturated carbocycles. The minimum absolute atomic E-state index is 0.0568. The average molecular weight is 302 g/mol. The van der Waals surface area contributed by atoms with Crippen LogP contribution in [0.15, 0.2) is 48.5 Å². The quantitative estimate of drug-likeness (QED) is 0.492. The van der Waals surface area contributed by atoms with Gasteiger partial charge in [0.05, 0.1) is 12.7 Å². The number of carbonyl (C=O) groups excluding carboxylic acids is 2. The SMILES string of the molecule is COC(=O)c1ccc(/C=C/C(=O)c2ccc(F)c(F)c2)cc1. The van der Waals surface area contributed by atoms with Gasteiger partial charge in [0, 0.05) is 5.56 Å². The van der Waals surface area contributed by atoms with Crippen molar-refractivity contribution in [3.63, 3.8) is 0 Å². The van der Waals surface area contributed by atoms with Crippen molar-refractivity contribution in [3.05, 3.63) is 76.9 Å². The van der Waals surface area contributed by atoms with E-state index in [9.17, 15) is 18.4 Å². The molecular weight excluding hydrogens is 290 g/mol. The third kappa shape index (κ3) is 3.63. The molecule has 2 rings (SSSR count). The van der Waals surface area contributed by atoms with Crippen LogP contribution in [0.5, 0.6) is 0 Å². The largest absolute Gasteiger partial charge is 0.465 e. The maximum atomic E-state index is 13.1. The first-order chi connectivity index (χ1) is 10.5. The van der Waals surface area contributed by atoms with Crippen LogP contribution in [0.2, 0.25) is 0 Å². The Morgan fingerprint density at radius 2 is 1.59 bits per heavy atom. The summed E-state index contributed by atoms with van der Waals surface area (Å²) >= 11 is 0. The number of esters is 1. The topological polar surface area (TPSA) is 43.4 Å². The van der Waals surface area contributed by atoms with Crippen molar-refractivity contribution in [3.8, 4) is 0 Å². The van der Waals surface area contributed by atoms with Gasteiger partial charge < -0.3 is 4.74 Å². The molecule has 0 saturated heterocycles. The fourth-order valence-electron chi connectivity index (χ4n) is 1.77. The van der Waals surface area contributed by atoms with E-state index in [-0.39, 0.29) is 5.56 Å². The Bertz CT molecular complexity index is 734. The molecule has 22 heavy (non-hydrogen) atoms. The normalized spacial score (nSPS) is 10.7. The Hall–Kier alpha value is -2.82. The average Bonchev–Trinajstić information content (AvgIpc) is 2.54.